The lowest BCUT2D eigenvalue weighted by molar-refractivity contribution is -0.142. The Labute approximate surface area is 199 Å². The molecule has 0 spiro atoms. The number of hydrogen-bond donors (Lipinski definition) is 3. The summed E-state index contributed by atoms with van der Waals surface area (Å²) in [6, 6.07) is 14.0. The Morgan fingerprint density at radius 2 is 1.53 bits per heavy atom. The molecule has 2 aromatic carbocycles. The van der Waals surface area contributed by atoms with Gasteiger partial charge in [0.2, 0.25) is 5.91 Å². The normalized spacial score (nSPS) is 14.1. The number of alkyl carbamates (subject to hydrolysis) is 1. The zero-order valence-electron chi connectivity index (χ0n) is 19.7. The van der Waals surface area contributed by atoms with Crippen molar-refractivity contribution < 1.29 is 29.0 Å². The Morgan fingerprint density at radius 3 is 2.06 bits per heavy atom. The number of nitrogens with one attached hydrogen (secondary N) is 2. The largest absolute Gasteiger partial charge is 0.480 e. The molecule has 0 fully saturated rings. The second-order valence-electron chi connectivity index (χ2n) is 8.83. The van der Waals surface area contributed by atoms with E-state index in [1.165, 1.54) is 7.11 Å². The fourth-order valence-corrected chi connectivity index (χ4v) is 4.25. The molecular weight excluding hydrogens is 436 g/mol. The number of carboxylic acid groups (broad SMARTS) is 1. The second kappa shape index (κ2) is 11.7. The second-order valence-corrected chi connectivity index (χ2v) is 8.83. The van der Waals surface area contributed by atoms with E-state index in [1.54, 1.807) is 0 Å². The number of aliphatic carboxylic acids is 1. The maximum Gasteiger partial charge on any atom is 0.407 e. The highest BCUT2D eigenvalue weighted by Gasteiger charge is 2.30. The molecule has 3 rings (SSSR count). The van der Waals surface area contributed by atoms with Gasteiger partial charge in [-0.05, 0) is 34.6 Å². The van der Waals surface area contributed by atoms with Crippen LogP contribution in [-0.2, 0) is 19.1 Å². The molecule has 0 saturated carbocycles. The van der Waals surface area contributed by atoms with Gasteiger partial charge in [0.15, 0.2) is 0 Å². The van der Waals surface area contributed by atoms with E-state index in [0.717, 1.165) is 22.3 Å². The van der Waals surface area contributed by atoms with Crippen molar-refractivity contribution in [2.45, 2.75) is 44.7 Å². The third-order valence-corrected chi connectivity index (χ3v) is 5.88. The third kappa shape index (κ3) is 6.14. The van der Waals surface area contributed by atoms with E-state index in [9.17, 15) is 19.5 Å². The van der Waals surface area contributed by atoms with Crippen LogP contribution in [0.1, 0.15) is 43.7 Å². The highest BCUT2D eigenvalue weighted by Crippen LogP contribution is 2.44. The SMILES string of the molecule is COCCC(NC(=O)OCC1c2ccccc2-c2ccccc21)C(=O)N[C@H](CC(C)C)C(=O)O. The van der Waals surface area contributed by atoms with Crippen molar-refractivity contribution in [1.82, 2.24) is 10.6 Å². The molecule has 1 unspecified atom stereocenters. The van der Waals surface area contributed by atoms with Crippen molar-refractivity contribution in [1.29, 1.82) is 0 Å². The molecule has 2 aromatic rings. The predicted octanol–water partition coefficient (Wildman–Crippen LogP) is 3.55. The van der Waals surface area contributed by atoms with Crippen molar-refractivity contribution in [3.05, 3.63) is 59.7 Å². The molecule has 182 valence electrons. The van der Waals surface area contributed by atoms with Crippen molar-refractivity contribution in [2.24, 2.45) is 5.92 Å². The van der Waals surface area contributed by atoms with Gasteiger partial charge in [0.05, 0.1) is 0 Å². The third-order valence-electron chi connectivity index (χ3n) is 5.88. The van der Waals surface area contributed by atoms with Crippen LogP contribution >= 0.6 is 0 Å². The van der Waals surface area contributed by atoms with Gasteiger partial charge in [0.25, 0.3) is 0 Å². The number of carbonyl (C=O) groups is 3. The van der Waals surface area contributed by atoms with Gasteiger partial charge >= 0.3 is 12.1 Å². The summed E-state index contributed by atoms with van der Waals surface area (Å²) in [6.07, 6.45) is -0.280. The highest BCUT2D eigenvalue weighted by atomic mass is 16.5. The lowest BCUT2D eigenvalue weighted by atomic mass is 9.98. The van der Waals surface area contributed by atoms with Crippen LogP contribution in [0.15, 0.2) is 48.5 Å². The van der Waals surface area contributed by atoms with E-state index in [0.29, 0.717) is 0 Å². The van der Waals surface area contributed by atoms with E-state index in [1.807, 2.05) is 50.2 Å². The van der Waals surface area contributed by atoms with Crippen LogP contribution < -0.4 is 10.6 Å². The number of carbonyl (C=O) groups excluding carboxylic acids is 2. The predicted molar refractivity (Wildman–Crippen MR) is 128 cm³/mol. The Kier molecular flexibility index (Phi) is 8.65. The fraction of sp³-hybridized carbons (Fsp3) is 0.423. The molecule has 1 aliphatic carbocycles. The zero-order valence-corrected chi connectivity index (χ0v) is 19.7. The summed E-state index contributed by atoms with van der Waals surface area (Å²) < 4.78 is 10.6. The van der Waals surface area contributed by atoms with E-state index in [-0.39, 0.29) is 37.9 Å². The fourth-order valence-electron chi connectivity index (χ4n) is 4.25. The van der Waals surface area contributed by atoms with Crippen molar-refractivity contribution in [3.63, 3.8) is 0 Å². The molecule has 2 amide bonds. The van der Waals surface area contributed by atoms with Crippen molar-refractivity contribution in [2.75, 3.05) is 20.3 Å². The van der Waals surface area contributed by atoms with Gasteiger partial charge in [-0.2, -0.15) is 0 Å². The number of carboxylic acids is 1. The summed E-state index contributed by atoms with van der Waals surface area (Å²) in [5.74, 6) is -1.73. The van der Waals surface area contributed by atoms with Crippen molar-refractivity contribution >= 4 is 18.0 Å². The number of benzene rings is 2. The summed E-state index contributed by atoms with van der Waals surface area (Å²) in [5, 5.41) is 14.5. The Balaban J connectivity index is 1.65. The van der Waals surface area contributed by atoms with Crippen LogP contribution in [0.4, 0.5) is 4.79 Å². The average molecular weight is 469 g/mol. The van der Waals surface area contributed by atoms with Crippen molar-refractivity contribution in [3.8, 4) is 11.1 Å². The maximum atomic E-state index is 12.8. The molecule has 0 radical (unpaired) electrons. The first kappa shape index (κ1) is 25.2. The Hall–Kier alpha value is -3.39. The molecule has 34 heavy (non-hydrogen) atoms. The van der Waals surface area contributed by atoms with Crippen LogP contribution in [0.3, 0.4) is 0 Å². The highest BCUT2D eigenvalue weighted by molar-refractivity contribution is 5.89. The molecule has 0 aliphatic heterocycles. The number of methoxy groups -OCH3 is 1. The van der Waals surface area contributed by atoms with Gasteiger partial charge in [-0.25, -0.2) is 9.59 Å². The molecule has 8 nitrogen and oxygen atoms in total. The van der Waals surface area contributed by atoms with Crippen LogP contribution in [0.25, 0.3) is 11.1 Å². The van der Waals surface area contributed by atoms with Crippen LogP contribution in [0, 0.1) is 5.92 Å². The first-order valence-electron chi connectivity index (χ1n) is 11.5. The lowest BCUT2D eigenvalue weighted by Crippen LogP contribution is -2.52. The minimum atomic E-state index is -1.12. The first-order chi connectivity index (χ1) is 16.3. The van der Waals surface area contributed by atoms with E-state index < -0.39 is 30.1 Å². The van der Waals surface area contributed by atoms with E-state index >= 15 is 0 Å². The molecule has 0 bridgehead atoms. The van der Waals surface area contributed by atoms with Crippen LogP contribution in [-0.4, -0.2) is 55.5 Å². The standard InChI is InChI=1S/C26H32N2O6/c1-16(2)14-23(25(30)31)27-24(29)22(12-13-33-3)28-26(32)34-15-21-19-10-6-4-8-17(19)18-9-5-7-11-20(18)21/h4-11,16,21-23H,12-15H2,1-3H3,(H,27,29)(H,28,32)(H,30,31)/t22?,23-/m1/s1. The molecule has 0 saturated heterocycles. The maximum absolute atomic E-state index is 12.8. The van der Waals surface area contributed by atoms with E-state index in [2.05, 4.69) is 22.8 Å². The van der Waals surface area contributed by atoms with Gasteiger partial charge < -0.3 is 25.2 Å². The quantitative estimate of drug-likeness (QED) is 0.465. The number of fused-ring (bicyclic) bond motifs is 3. The summed E-state index contributed by atoms with van der Waals surface area (Å²) in [4.78, 5) is 36.9. The van der Waals surface area contributed by atoms with Crippen LogP contribution in [0.5, 0.6) is 0 Å². The minimum Gasteiger partial charge on any atom is -0.480 e. The van der Waals surface area contributed by atoms with Crippen LogP contribution in [0.2, 0.25) is 0 Å². The average Bonchev–Trinajstić information content (AvgIpc) is 3.13. The molecule has 0 aromatic heterocycles. The zero-order chi connectivity index (χ0) is 24.7. The number of hydrogen-bond acceptors (Lipinski definition) is 5. The van der Waals surface area contributed by atoms with Gasteiger partial charge in [0, 0.05) is 26.1 Å². The lowest BCUT2D eigenvalue weighted by Gasteiger charge is -2.22. The summed E-state index contributed by atoms with van der Waals surface area (Å²) in [6.45, 7) is 4.08. The van der Waals surface area contributed by atoms with Gasteiger partial charge in [-0.15, -0.1) is 0 Å². The smallest absolute Gasteiger partial charge is 0.407 e. The number of rotatable bonds is 11. The van der Waals surface area contributed by atoms with Gasteiger partial charge in [-0.1, -0.05) is 62.4 Å². The van der Waals surface area contributed by atoms with Gasteiger partial charge in [0.1, 0.15) is 18.7 Å². The molecule has 8 heteroatoms. The van der Waals surface area contributed by atoms with Gasteiger partial charge in [-0.3, -0.25) is 4.79 Å². The summed E-state index contributed by atoms with van der Waals surface area (Å²) in [7, 11) is 1.49. The topological polar surface area (TPSA) is 114 Å². The summed E-state index contributed by atoms with van der Waals surface area (Å²) in [5.41, 5.74) is 4.41. The minimum absolute atomic E-state index is 0.0777. The molecule has 1 aliphatic rings. The first-order valence-corrected chi connectivity index (χ1v) is 11.5. The molecule has 0 heterocycles. The van der Waals surface area contributed by atoms with E-state index in [4.69, 9.17) is 9.47 Å². The molecule has 3 N–H and O–H groups in total. The summed E-state index contributed by atoms with van der Waals surface area (Å²) >= 11 is 0. The Morgan fingerprint density at radius 1 is 0.941 bits per heavy atom. The monoisotopic (exact) mass is 468 g/mol. The molecule has 2 atom stereocenters. The number of amides is 2. The Bertz CT molecular complexity index is 976. The molecular formula is C26H32N2O6. The number of ether oxygens (including phenoxy) is 2.